The number of amides is 1. The Balaban J connectivity index is 1.63. The van der Waals surface area contributed by atoms with Crippen LogP contribution >= 0.6 is 0 Å². The summed E-state index contributed by atoms with van der Waals surface area (Å²) in [4.78, 5) is 20.0. The topological polar surface area (TPSA) is 92.9 Å². The van der Waals surface area contributed by atoms with Crippen LogP contribution in [0, 0.1) is 5.82 Å². The highest BCUT2D eigenvalue weighted by molar-refractivity contribution is 5.94. The van der Waals surface area contributed by atoms with Crippen LogP contribution in [-0.4, -0.2) is 42.9 Å². The van der Waals surface area contributed by atoms with Crippen LogP contribution in [0.15, 0.2) is 30.7 Å². The zero-order valence-electron chi connectivity index (χ0n) is 15.5. The number of nitrogens with one attached hydrogen (secondary N) is 1. The molecule has 2 N–H and O–H groups in total. The summed E-state index contributed by atoms with van der Waals surface area (Å²) in [6.45, 7) is 0. The maximum Gasteiger partial charge on any atom is 0.435 e. The molecule has 1 saturated carbocycles. The molecule has 3 heterocycles. The van der Waals surface area contributed by atoms with Gasteiger partial charge in [0.1, 0.15) is 0 Å². The molecule has 3 aromatic heterocycles. The number of carbonyl (C=O) groups excluding carboxylic acids is 1. The molecular weight excluding hydrogens is 406 g/mol. The molecular formula is C19H17F4N5O2. The van der Waals surface area contributed by atoms with E-state index < -0.39 is 29.4 Å². The van der Waals surface area contributed by atoms with Crippen LogP contribution in [0.4, 0.5) is 17.6 Å². The fraction of sp³-hybridized carbons (Fsp3) is 0.368. The highest BCUT2D eigenvalue weighted by atomic mass is 19.4. The molecule has 0 aliphatic heterocycles. The summed E-state index contributed by atoms with van der Waals surface area (Å²) in [5.74, 6) is -2.01. The molecule has 1 aliphatic rings. The number of halogens is 4. The number of aromatic nitrogens is 4. The van der Waals surface area contributed by atoms with Gasteiger partial charge in [-0.25, -0.2) is 14.1 Å². The summed E-state index contributed by atoms with van der Waals surface area (Å²) >= 11 is 0. The molecule has 0 atom stereocenters. The Kier molecular flexibility index (Phi) is 5.14. The number of pyridine rings is 2. The van der Waals surface area contributed by atoms with Gasteiger partial charge in [-0.15, -0.1) is 0 Å². The van der Waals surface area contributed by atoms with Crippen molar-refractivity contribution in [3.8, 4) is 5.82 Å². The Morgan fingerprint density at radius 1 is 1.20 bits per heavy atom. The highest BCUT2D eigenvalue weighted by Gasteiger charge is 2.37. The first-order valence-corrected chi connectivity index (χ1v) is 9.29. The molecule has 0 spiro atoms. The molecule has 11 heteroatoms. The zero-order valence-corrected chi connectivity index (χ0v) is 15.5. The fourth-order valence-corrected chi connectivity index (χ4v) is 3.53. The van der Waals surface area contributed by atoms with Crippen LogP contribution in [0.2, 0.25) is 0 Å². The van der Waals surface area contributed by atoms with Gasteiger partial charge in [0.25, 0.3) is 5.91 Å². The van der Waals surface area contributed by atoms with Gasteiger partial charge in [0.05, 0.1) is 23.4 Å². The van der Waals surface area contributed by atoms with Crippen molar-refractivity contribution in [3.63, 3.8) is 0 Å². The monoisotopic (exact) mass is 423 g/mol. The SMILES string of the molecule is O=C(NC1CCC(O)CC1)c1cnc(-n2nc(C(F)(F)F)c3ccncc32)c(F)c1. The maximum atomic E-state index is 14.7. The van der Waals surface area contributed by atoms with Crippen molar-refractivity contribution in [1.29, 1.82) is 0 Å². The van der Waals surface area contributed by atoms with E-state index in [-0.39, 0.29) is 28.6 Å². The van der Waals surface area contributed by atoms with Crippen molar-refractivity contribution in [3.05, 3.63) is 47.8 Å². The van der Waals surface area contributed by atoms with Crippen LogP contribution < -0.4 is 5.32 Å². The lowest BCUT2D eigenvalue weighted by atomic mass is 9.93. The third-order valence-electron chi connectivity index (χ3n) is 5.07. The minimum absolute atomic E-state index is 0.0609. The van der Waals surface area contributed by atoms with E-state index in [0.29, 0.717) is 25.7 Å². The summed E-state index contributed by atoms with van der Waals surface area (Å²) in [7, 11) is 0. The normalized spacial score (nSPS) is 19.8. The average Bonchev–Trinajstić information content (AvgIpc) is 3.09. The molecule has 0 aromatic carbocycles. The molecule has 0 unspecified atom stereocenters. The molecule has 7 nitrogen and oxygen atoms in total. The quantitative estimate of drug-likeness (QED) is 0.632. The summed E-state index contributed by atoms with van der Waals surface area (Å²) in [5, 5.41) is 15.5. The van der Waals surface area contributed by atoms with Crippen molar-refractivity contribution in [2.75, 3.05) is 0 Å². The van der Waals surface area contributed by atoms with Crippen LogP contribution in [0.3, 0.4) is 0 Å². The van der Waals surface area contributed by atoms with Gasteiger partial charge >= 0.3 is 6.18 Å². The van der Waals surface area contributed by atoms with Gasteiger partial charge in [0.2, 0.25) is 0 Å². The number of rotatable bonds is 3. The second kappa shape index (κ2) is 7.63. The second-order valence-electron chi connectivity index (χ2n) is 7.16. The van der Waals surface area contributed by atoms with E-state index in [9.17, 15) is 27.5 Å². The van der Waals surface area contributed by atoms with Crippen molar-refractivity contribution in [2.45, 2.75) is 44.0 Å². The molecule has 3 aromatic rings. The zero-order chi connectivity index (χ0) is 21.5. The number of aliphatic hydroxyl groups is 1. The number of hydrogen-bond acceptors (Lipinski definition) is 5. The van der Waals surface area contributed by atoms with E-state index in [2.05, 4.69) is 20.4 Å². The van der Waals surface area contributed by atoms with Gasteiger partial charge in [0.15, 0.2) is 17.3 Å². The van der Waals surface area contributed by atoms with Gasteiger partial charge < -0.3 is 10.4 Å². The van der Waals surface area contributed by atoms with Crippen LogP contribution in [0.1, 0.15) is 41.7 Å². The lowest BCUT2D eigenvalue weighted by Crippen LogP contribution is -2.38. The predicted molar refractivity (Wildman–Crippen MR) is 97.3 cm³/mol. The minimum Gasteiger partial charge on any atom is -0.393 e. The van der Waals surface area contributed by atoms with Crippen LogP contribution in [-0.2, 0) is 6.18 Å². The summed E-state index contributed by atoms with van der Waals surface area (Å²) in [6, 6.07) is 1.91. The smallest absolute Gasteiger partial charge is 0.393 e. The van der Waals surface area contributed by atoms with Gasteiger partial charge in [0, 0.05) is 23.8 Å². The average molecular weight is 423 g/mol. The number of alkyl halides is 3. The van der Waals surface area contributed by atoms with Crippen molar-refractivity contribution >= 4 is 16.8 Å². The van der Waals surface area contributed by atoms with E-state index in [4.69, 9.17) is 0 Å². The van der Waals surface area contributed by atoms with E-state index in [1.165, 1.54) is 6.20 Å². The van der Waals surface area contributed by atoms with Crippen LogP contribution in [0.5, 0.6) is 0 Å². The van der Waals surface area contributed by atoms with Crippen molar-refractivity contribution in [1.82, 2.24) is 25.1 Å². The summed E-state index contributed by atoms with van der Waals surface area (Å²) in [6.07, 6.45) is 0.633. The van der Waals surface area contributed by atoms with Gasteiger partial charge in [-0.3, -0.25) is 9.78 Å². The van der Waals surface area contributed by atoms with Crippen LogP contribution in [0.25, 0.3) is 16.7 Å². The number of aliphatic hydroxyl groups excluding tert-OH is 1. The van der Waals surface area contributed by atoms with E-state index in [0.717, 1.165) is 29.2 Å². The Hall–Kier alpha value is -3.08. The molecule has 1 fully saturated rings. The molecule has 0 radical (unpaired) electrons. The lowest BCUT2D eigenvalue weighted by molar-refractivity contribution is -0.140. The number of hydrogen-bond donors (Lipinski definition) is 2. The second-order valence-corrected chi connectivity index (χ2v) is 7.16. The molecule has 158 valence electrons. The first kappa shape index (κ1) is 20.2. The highest BCUT2D eigenvalue weighted by Crippen LogP contribution is 2.34. The molecule has 4 rings (SSSR count). The first-order chi connectivity index (χ1) is 14.2. The Bertz CT molecular complexity index is 1090. The lowest BCUT2D eigenvalue weighted by Gasteiger charge is -2.26. The van der Waals surface area contributed by atoms with Crippen molar-refractivity contribution < 1.29 is 27.5 Å². The molecule has 0 saturated heterocycles. The van der Waals surface area contributed by atoms with Gasteiger partial charge in [-0.05, 0) is 37.8 Å². The fourth-order valence-electron chi connectivity index (χ4n) is 3.53. The first-order valence-electron chi connectivity index (χ1n) is 9.29. The third kappa shape index (κ3) is 3.84. The van der Waals surface area contributed by atoms with Crippen molar-refractivity contribution in [2.24, 2.45) is 0 Å². The number of fused-ring (bicyclic) bond motifs is 1. The minimum atomic E-state index is -4.74. The number of nitrogens with zero attached hydrogens (tertiary/aromatic N) is 4. The largest absolute Gasteiger partial charge is 0.435 e. The molecule has 30 heavy (non-hydrogen) atoms. The molecule has 1 amide bonds. The third-order valence-corrected chi connectivity index (χ3v) is 5.07. The molecule has 1 aliphatic carbocycles. The Morgan fingerprint density at radius 2 is 1.93 bits per heavy atom. The molecule has 0 bridgehead atoms. The van der Waals surface area contributed by atoms with E-state index >= 15 is 0 Å². The standard InChI is InChI=1S/C19H17F4N5O2/c20-14-7-10(18(30)26-11-1-3-12(29)4-2-11)8-25-17(14)28-15-9-24-6-5-13(15)16(27-28)19(21,22)23/h5-9,11-12,29H,1-4H2,(H,26,30). The number of carbonyl (C=O) groups is 1. The van der Waals surface area contributed by atoms with E-state index in [1.54, 1.807) is 0 Å². The maximum absolute atomic E-state index is 14.7. The summed E-state index contributed by atoms with van der Waals surface area (Å²) in [5.41, 5.74) is -1.30. The van der Waals surface area contributed by atoms with Gasteiger partial charge in [-0.1, -0.05) is 0 Å². The van der Waals surface area contributed by atoms with E-state index in [1.807, 2.05) is 0 Å². The Labute approximate surface area is 167 Å². The Morgan fingerprint density at radius 3 is 2.60 bits per heavy atom. The van der Waals surface area contributed by atoms with Gasteiger partial charge in [-0.2, -0.15) is 18.3 Å². The summed E-state index contributed by atoms with van der Waals surface area (Å²) < 4.78 is 55.3. The predicted octanol–water partition coefficient (Wildman–Crippen LogP) is 3.01.